The zero-order valence-corrected chi connectivity index (χ0v) is 17.6. The van der Waals surface area contributed by atoms with Crippen LogP contribution in [0.1, 0.15) is 24.2 Å². The van der Waals surface area contributed by atoms with Gasteiger partial charge in [0.15, 0.2) is 0 Å². The Balaban J connectivity index is 1.95. The largest absolute Gasteiger partial charge is 0.383 e. The molecule has 0 radical (unpaired) electrons. The van der Waals surface area contributed by atoms with E-state index in [0.717, 1.165) is 11.1 Å². The van der Waals surface area contributed by atoms with Crippen LogP contribution >= 0.6 is 0 Å². The number of rotatable bonds is 7. The maximum Gasteiger partial charge on any atom is 0.250 e. The topological polar surface area (TPSA) is 132 Å². The van der Waals surface area contributed by atoms with Crippen LogP contribution in [0, 0.1) is 0 Å². The highest BCUT2D eigenvalue weighted by molar-refractivity contribution is 7.89. The van der Waals surface area contributed by atoms with Crippen molar-refractivity contribution in [3.63, 3.8) is 0 Å². The average Bonchev–Trinajstić information content (AvgIpc) is 2.75. The van der Waals surface area contributed by atoms with E-state index in [1.807, 2.05) is 6.07 Å². The Hall–Kier alpha value is -3.30. The normalized spacial score (nSPS) is 11.6. The third kappa shape index (κ3) is 4.17. The number of hydrogen-bond acceptors (Lipinski definition) is 6. The number of carbonyl (C=O) groups is 1. The van der Waals surface area contributed by atoms with Crippen molar-refractivity contribution in [3.8, 4) is 22.4 Å². The molecule has 0 saturated heterocycles. The Morgan fingerprint density at radius 3 is 2.17 bits per heavy atom. The summed E-state index contributed by atoms with van der Waals surface area (Å²) in [5, 5.41) is 0. The van der Waals surface area contributed by atoms with E-state index >= 15 is 0 Å². The van der Waals surface area contributed by atoms with Crippen molar-refractivity contribution >= 4 is 21.7 Å². The van der Waals surface area contributed by atoms with E-state index in [1.54, 1.807) is 56.4 Å². The summed E-state index contributed by atoms with van der Waals surface area (Å²) in [6.07, 6.45) is 3.00. The number of hydrogen-bond donors (Lipinski definition) is 2. The van der Waals surface area contributed by atoms with Crippen LogP contribution in [-0.4, -0.2) is 41.7 Å². The predicted octanol–water partition coefficient (Wildman–Crippen LogP) is 2.52. The number of sulfonamides is 1. The summed E-state index contributed by atoms with van der Waals surface area (Å²) in [6, 6.07) is 11.7. The molecule has 0 bridgehead atoms. The van der Waals surface area contributed by atoms with Crippen molar-refractivity contribution in [1.29, 1.82) is 0 Å². The van der Waals surface area contributed by atoms with Gasteiger partial charge in [-0.25, -0.2) is 13.4 Å². The Kier molecular flexibility index (Phi) is 6.14. The molecule has 0 atom stereocenters. The molecular weight excluding hydrogens is 402 g/mol. The maximum atomic E-state index is 12.7. The van der Waals surface area contributed by atoms with Crippen molar-refractivity contribution in [2.24, 2.45) is 5.73 Å². The number of carbonyl (C=O) groups excluding carboxylic acids is 1. The monoisotopic (exact) mass is 425 g/mol. The number of nitrogens with two attached hydrogens (primary N) is 2. The lowest BCUT2D eigenvalue weighted by molar-refractivity contribution is 0.1000. The molecule has 1 aromatic carbocycles. The summed E-state index contributed by atoms with van der Waals surface area (Å²) in [6.45, 7) is 4.43. The highest BCUT2D eigenvalue weighted by atomic mass is 32.2. The molecule has 0 aliphatic carbocycles. The molecule has 4 N–H and O–H groups in total. The summed E-state index contributed by atoms with van der Waals surface area (Å²) in [5.41, 5.74) is 14.3. The lowest BCUT2D eigenvalue weighted by Crippen LogP contribution is -2.30. The van der Waals surface area contributed by atoms with Crippen LogP contribution in [0.15, 0.2) is 59.8 Å². The molecule has 3 aromatic rings. The molecule has 0 unspecified atom stereocenters. The van der Waals surface area contributed by atoms with Crippen molar-refractivity contribution in [2.75, 3.05) is 18.8 Å². The molecule has 1 amide bonds. The molecule has 0 aliphatic rings. The van der Waals surface area contributed by atoms with E-state index in [2.05, 4.69) is 9.97 Å². The highest BCUT2D eigenvalue weighted by Gasteiger charge is 2.21. The third-order valence-electron chi connectivity index (χ3n) is 4.77. The first-order chi connectivity index (χ1) is 14.3. The summed E-state index contributed by atoms with van der Waals surface area (Å²) >= 11 is 0. The van der Waals surface area contributed by atoms with Gasteiger partial charge in [-0.1, -0.05) is 26.0 Å². The molecule has 2 aromatic heterocycles. The van der Waals surface area contributed by atoms with Gasteiger partial charge >= 0.3 is 0 Å². The van der Waals surface area contributed by atoms with Gasteiger partial charge in [0.25, 0.3) is 0 Å². The fourth-order valence-corrected chi connectivity index (χ4v) is 4.53. The van der Waals surface area contributed by atoms with E-state index in [0.29, 0.717) is 35.7 Å². The van der Waals surface area contributed by atoms with Gasteiger partial charge in [-0.15, -0.1) is 0 Å². The number of benzene rings is 1. The van der Waals surface area contributed by atoms with Gasteiger partial charge in [-0.2, -0.15) is 4.31 Å². The predicted molar refractivity (Wildman–Crippen MR) is 116 cm³/mol. The number of amides is 1. The van der Waals surface area contributed by atoms with Crippen LogP contribution in [-0.2, 0) is 10.0 Å². The van der Waals surface area contributed by atoms with Crippen LogP contribution < -0.4 is 11.5 Å². The van der Waals surface area contributed by atoms with Crippen LogP contribution in [0.3, 0.4) is 0 Å². The van der Waals surface area contributed by atoms with E-state index in [4.69, 9.17) is 11.5 Å². The fraction of sp³-hybridized carbons (Fsp3) is 0.190. The SMILES string of the molecule is CCN(CC)S(=O)(=O)c1ccc(-c2cnc(N)c(-c3ccc(C(N)=O)cn3)c2)cc1. The molecule has 9 heteroatoms. The van der Waals surface area contributed by atoms with E-state index in [9.17, 15) is 13.2 Å². The first-order valence-electron chi connectivity index (χ1n) is 9.40. The minimum absolute atomic E-state index is 0.238. The van der Waals surface area contributed by atoms with Gasteiger partial charge in [0.05, 0.1) is 16.2 Å². The molecule has 0 fully saturated rings. The standard InChI is InChI=1S/C21H23N5O3S/c1-3-26(4-2)30(28,29)17-8-5-14(6-9-17)16-11-18(20(22)25-13-16)19-10-7-15(12-24-19)21(23)27/h5-13H,3-4H2,1-2H3,(H2,22,25)(H2,23,27). The summed E-state index contributed by atoms with van der Waals surface area (Å²) in [5.74, 6) is -0.271. The number of aromatic nitrogens is 2. The van der Waals surface area contributed by atoms with Crippen molar-refractivity contribution in [1.82, 2.24) is 14.3 Å². The average molecular weight is 426 g/mol. The number of pyridine rings is 2. The van der Waals surface area contributed by atoms with Gasteiger partial charge in [0.2, 0.25) is 15.9 Å². The Morgan fingerprint density at radius 2 is 1.63 bits per heavy atom. The van der Waals surface area contributed by atoms with Gasteiger partial charge < -0.3 is 11.5 Å². The fourth-order valence-electron chi connectivity index (χ4n) is 3.07. The number of primary amides is 1. The van der Waals surface area contributed by atoms with Crippen LogP contribution in [0.5, 0.6) is 0 Å². The second-order valence-electron chi connectivity index (χ2n) is 6.57. The molecule has 30 heavy (non-hydrogen) atoms. The van der Waals surface area contributed by atoms with E-state index in [-0.39, 0.29) is 4.90 Å². The molecule has 0 saturated carbocycles. The zero-order valence-electron chi connectivity index (χ0n) is 16.7. The zero-order chi connectivity index (χ0) is 21.9. The molecule has 0 spiro atoms. The molecular formula is C21H23N5O3S. The molecule has 156 valence electrons. The second kappa shape index (κ2) is 8.60. The maximum absolute atomic E-state index is 12.7. The van der Waals surface area contributed by atoms with Gasteiger partial charge in [0, 0.05) is 36.6 Å². The first-order valence-corrected chi connectivity index (χ1v) is 10.8. The Bertz CT molecular complexity index is 1160. The van der Waals surface area contributed by atoms with Crippen molar-refractivity contribution in [2.45, 2.75) is 18.7 Å². The quantitative estimate of drug-likeness (QED) is 0.598. The minimum atomic E-state index is -3.52. The summed E-state index contributed by atoms with van der Waals surface area (Å²) in [4.78, 5) is 20.0. The third-order valence-corrected chi connectivity index (χ3v) is 6.84. The van der Waals surface area contributed by atoms with Crippen LogP contribution in [0.4, 0.5) is 5.82 Å². The number of nitrogens with zero attached hydrogens (tertiary/aromatic N) is 3. The van der Waals surface area contributed by atoms with Gasteiger partial charge in [0.1, 0.15) is 5.82 Å². The molecule has 8 nitrogen and oxygen atoms in total. The second-order valence-corrected chi connectivity index (χ2v) is 8.50. The summed E-state index contributed by atoms with van der Waals surface area (Å²) < 4.78 is 26.7. The molecule has 0 aliphatic heterocycles. The minimum Gasteiger partial charge on any atom is -0.383 e. The van der Waals surface area contributed by atoms with E-state index in [1.165, 1.54) is 10.5 Å². The van der Waals surface area contributed by atoms with E-state index < -0.39 is 15.9 Å². The first kappa shape index (κ1) is 21.4. The van der Waals surface area contributed by atoms with Crippen molar-refractivity contribution < 1.29 is 13.2 Å². The van der Waals surface area contributed by atoms with Crippen LogP contribution in [0.25, 0.3) is 22.4 Å². The number of anilines is 1. The van der Waals surface area contributed by atoms with Gasteiger partial charge in [-0.3, -0.25) is 9.78 Å². The smallest absolute Gasteiger partial charge is 0.250 e. The van der Waals surface area contributed by atoms with Gasteiger partial charge in [-0.05, 0) is 35.9 Å². The lowest BCUT2D eigenvalue weighted by Gasteiger charge is -2.18. The Labute approximate surface area is 175 Å². The molecule has 2 heterocycles. The number of nitrogen functional groups attached to an aromatic ring is 1. The molecule has 3 rings (SSSR count). The highest BCUT2D eigenvalue weighted by Crippen LogP contribution is 2.29. The Morgan fingerprint density at radius 1 is 0.967 bits per heavy atom. The van der Waals surface area contributed by atoms with Crippen molar-refractivity contribution in [3.05, 3.63) is 60.4 Å². The van der Waals surface area contributed by atoms with Crippen LogP contribution in [0.2, 0.25) is 0 Å². The lowest BCUT2D eigenvalue weighted by atomic mass is 10.0. The summed E-state index contributed by atoms with van der Waals surface area (Å²) in [7, 11) is -3.52.